The van der Waals surface area contributed by atoms with Crippen molar-refractivity contribution >= 4 is 17.7 Å². The van der Waals surface area contributed by atoms with Gasteiger partial charge in [-0.2, -0.15) is 4.68 Å². The van der Waals surface area contributed by atoms with Gasteiger partial charge in [0.15, 0.2) is 5.79 Å². The van der Waals surface area contributed by atoms with Gasteiger partial charge in [0.2, 0.25) is 11.1 Å². The van der Waals surface area contributed by atoms with Gasteiger partial charge in [0.1, 0.15) is 0 Å². The van der Waals surface area contributed by atoms with E-state index in [-0.39, 0.29) is 18.1 Å². The van der Waals surface area contributed by atoms with Crippen LogP contribution in [0.25, 0.3) is 5.69 Å². The van der Waals surface area contributed by atoms with Gasteiger partial charge in [-0.3, -0.25) is 4.79 Å². The Morgan fingerprint density at radius 2 is 2.07 bits per heavy atom. The molecule has 3 rings (SSSR count). The maximum atomic E-state index is 11.8. The van der Waals surface area contributed by atoms with Crippen molar-refractivity contribution in [2.24, 2.45) is 0 Å². The molecule has 1 fully saturated rings. The van der Waals surface area contributed by atoms with Crippen molar-refractivity contribution in [3.8, 4) is 5.69 Å². The highest BCUT2D eigenvalue weighted by Crippen LogP contribution is 2.33. The minimum absolute atomic E-state index is 0.0280. The van der Waals surface area contributed by atoms with E-state index in [2.05, 4.69) is 20.8 Å². The van der Waals surface area contributed by atoms with E-state index in [0.29, 0.717) is 30.2 Å². The van der Waals surface area contributed by atoms with Crippen LogP contribution in [-0.2, 0) is 14.3 Å². The number of rotatable bonds is 7. The molecule has 3 atom stereocenters. The van der Waals surface area contributed by atoms with Gasteiger partial charge in [-0.15, -0.1) is 5.10 Å². The third kappa shape index (κ3) is 5.06. The summed E-state index contributed by atoms with van der Waals surface area (Å²) in [5, 5.41) is 15.4. The summed E-state index contributed by atoms with van der Waals surface area (Å²) in [7, 11) is 1.64. The molecule has 8 nitrogen and oxygen atoms in total. The van der Waals surface area contributed by atoms with E-state index in [0.717, 1.165) is 5.69 Å². The van der Waals surface area contributed by atoms with E-state index in [1.54, 1.807) is 11.7 Å². The number of amides is 1. The van der Waals surface area contributed by atoms with Crippen molar-refractivity contribution < 1.29 is 14.3 Å². The molecule has 0 aliphatic carbocycles. The summed E-state index contributed by atoms with van der Waals surface area (Å²) in [6.45, 7) is 3.94. The number of hydrogen-bond donors (Lipinski definition) is 1. The second-order valence-corrected chi connectivity index (χ2v) is 7.59. The van der Waals surface area contributed by atoms with Gasteiger partial charge < -0.3 is 14.8 Å². The summed E-state index contributed by atoms with van der Waals surface area (Å²) in [6.07, 6.45) is 1.48. The molecular formula is C18H25N5O3S. The molecule has 0 spiro atoms. The van der Waals surface area contributed by atoms with E-state index >= 15 is 0 Å². The van der Waals surface area contributed by atoms with Gasteiger partial charge in [-0.1, -0.05) is 36.9 Å². The monoisotopic (exact) mass is 391 g/mol. The fraction of sp³-hybridized carbons (Fsp3) is 0.556. The Hall–Kier alpha value is -1.97. The van der Waals surface area contributed by atoms with Crippen LogP contribution in [0.1, 0.15) is 33.1 Å². The summed E-state index contributed by atoms with van der Waals surface area (Å²) >= 11 is 1.54. The van der Waals surface area contributed by atoms with E-state index in [9.17, 15) is 4.79 Å². The largest absolute Gasteiger partial charge is 0.359 e. The molecule has 0 radical (unpaired) electrons. The molecule has 2 aromatic rings. The summed E-state index contributed by atoms with van der Waals surface area (Å²) in [4.78, 5) is 11.8. The second kappa shape index (κ2) is 8.81. The molecular weight excluding hydrogens is 366 g/mol. The van der Waals surface area contributed by atoms with Gasteiger partial charge in [0.25, 0.3) is 0 Å². The number of ether oxygens (including phenoxy) is 2. The number of benzene rings is 1. The zero-order valence-corrected chi connectivity index (χ0v) is 16.6. The molecule has 0 saturated carbocycles. The SMILES string of the molecule is CCC1(C)OC(CSc2nnnn2-c2ccccc2)CC(CC(=O)NC)O1. The first kappa shape index (κ1) is 19.8. The molecule has 0 bridgehead atoms. The van der Waals surface area contributed by atoms with Gasteiger partial charge in [-0.05, 0) is 35.9 Å². The zero-order chi connectivity index (χ0) is 19.3. The summed E-state index contributed by atoms with van der Waals surface area (Å²) in [5.74, 6) is -0.0380. The Morgan fingerprint density at radius 3 is 2.78 bits per heavy atom. The van der Waals surface area contributed by atoms with Crippen molar-refractivity contribution in [3.05, 3.63) is 30.3 Å². The first-order valence-corrected chi connectivity index (χ1v) is 10.0. The number of nitrogens with zero attached hydrogens (tertiary/aromatic N) is 4. The first-order chi connectivity index (χ1) is 13.0. The van der Waals surface area contributed by atoms with Crippen LogP contribution in [0.15, 0.2) is 35.5 Å². The fourth-order valence-corrected chi connectivity index (χ4v) is 3.89. The maximum Gasteiger partial charge on any atom is 0.222 e. The molecule has 2 heterocycles. The van der Waals surface area contributed by atoms with Crippen molar-refractivity contribution in [2.45, 2.75) is 56.3 Å². The van der Waals surface area contributed by atoms with E-state index in [1.807, 2.05) is 44.2 Å². The van der Waals surface area contributed by atoms with Crippen LogP contribution < -0.4 is 5.32 Å². The standard InChI is InChI=1S/C18H25N5O3S/c1-4-18(2)25-14(11-16(24)19-3)10-15(26-18)12-27-17-20-21-22-23(17)13-8-6-5-7-9-13/h5-9,14-15H,4,10-12H2,1-3H3,(H,19,24). The lowest BCUT2D eigenvalue weighted by molar-refractivity contribution is -0.305. The molecule has 1 aromatic carbocycles. The summed E-state index contributed by atoms with van der Waals surface area (Å²) in [6, 6.07) is 9.76. The Balaban J connectivity index is 1.66. The van der Waals surface area contributed by atoms with E-state index in [1.165, 1.54) is 11.8 Å². The fourth-order valence-electron chi connectivity index (χ4n) is 2.99. The zero-order valence-electron chi connectivity index (χ0n) is 15.8. The van der Waals surface area contributed by atoms with Crippen LogP contribution in [0.4, 0.5) is 0 Å². The molecule has 3 unspecified atom stereocenters. The smallest absolute Gasteiger partial charge is 0.222 e. The van der Waals surface area contributed by atoms with Crippen LogP contribution in [-0.4, -0.2) is 56.9 Å². The number of thioether (sulfide) groups is 1. The van der Waals surface area contributed by atoms with Crippen molar-refractivity contribution in [1.29, 1.82) is 0 Å². The molecule has 146 valence electrons. The number of tetrazole rings is 1. The van der Waals surface area contributed by atoms with Gasteiger partial charge in [0, 0.05) is 19.2 Å². The number of hydrogen-bond acceptors (Lipinski definition) is 7. The van der Waals surface area contributed by atoms with Gasteiger partial charge in [-0.25, -0.2) is 0 Å². The average molecular weight is 391 g/mol. The summed E-state index contributed by atoms with van der Waals surface area (Å²) in [5.41, 5.74) is 0.911. The lowest BCUT2D eigenvalue weighted by Crippen LogP contribution is -2.48. The molecule has 1 aliphatic heterocycles. The van der Waals surface area contributed by atoms with Crippen molar-refractivity contribution in [3.63, 3.8) is 0 Å². The highest BCUT2D eigenvalue weighted by molar-refractivity contribution is 7.99. The van der Waals surface area contributed by atoms with Crippen LogP contribution >= 0.6 is 11.8 Å². The molecule has 1 aromatic heterocycles. The lowest BCUT2D eigenvalue weighted by Gasteiger charge is -2.42. The predicted molar refractivity (Wildman–Crippen MR) is 102 cm³/mol. The van der Waals surface area contributed by atoms with Crippen LogP contribution in [0.3, 0.4) is 0 Å². The molecule has 27 heavy (non-hydrogen) atoms. The molecule has 9 heteroatoms. The highest BCUT2D eigenvalue weighted by atomic mass is 32.2. The maximum absolute atomic E-state index is 11.8. The summed E-state index contributed by atoms with van der Waals surface area (Å²) < 4.78 is 13.9. The molecule has 1 N–H and O–H groups in total. The highest BCUT2D eigenvalue weighted by Gasteiger charge is 2.38. The van der Waals surface area contributed by atoms with Gasteiger partial charge in [0.05, 0.1) is 24.3 Å². The molecule has 1 saturated heterocycles. The first-order valence-electron chi connectivity index (χ1n) is 9.06. The topological polar surface area (TPSA) is 91.2 Å². The molecule has 1 aliphatic rings. The minimum atomic E-state index is -0.687. The number of carbonyl (C=O) groups excluding carboxylic acids is 1. The third-order valence-electron chi connectivity index (χ3n) is 4.53. The average Bonchev–Trinajstić information content (AvgIpc) is 3.15. The van der Waals surface area contributed by atoms with Crippen LogP contribution in [0, 0.1) is 0 Å². The number of carbonyl (C=O) groups is 1. The van der Waals surface area contributed by atoms with E-state index < -0.39 is 5.79 Å². The lowest BCUT2D eigenvalue weighted by atomic mass is 10.0. The quantitative estimate of drug-likeness (QED) is 0.724. The number of aromatic nitrogens is 4. The van der Waals surface area contributed by atoms with Gasteiger partial charge >= 0.3 is 0 Å². The Kier molecular flexibility index (Phi) is 6.46. The Labute approximate surface area is 163 Å². The third-order valence-corrected chi connectivity index (χ3v) is 5.58. The Morgan fingerprint density at radius 1 is 1.33 bits per heavy atom. The Bertz CT molecular complexity index is 756. The van der Waals surface area contributed by atoms with E-state index in [4.69, 9.17) is 9.47 Å². The minimum Gasteiger partial charge on any atom is -0.359 e. The van der Waals surface area contributed by atoms with Crippen LogP contribution in [0.2, 0.25) is 0 Å². The van der Waals surface area contributed by atoms with Crippen LogP contribution in [0.5, 0.6) is 0 Å². The van der Waals surface area contributed by atoms with Crippen molar-refractivity contribution in [1.82, 2.24) is 25.5 Å². The normalized spacial score (nSPS) is 25.3. The molecule has 1 amide bonds. The predicted octanol–water partition coefficient (Wildman–Crippen LogP) is 2.19. The second-order valence-electron chi connectivity index (χ2n) is 6.60. The number of nitrogens with one attached hydrogen (secondary N) is 1. The van der Waals surface area contributed by atoms with Crippen molar-refractivity contribution in [2.75, 3.05) is 12.8 Å². The number of para-hydroxylation sites is 1.